The number of hydrogen-bond donors (Lipinski definition) is 2. The average molecular weight is 115 g/mol. The summed E-state index contributed by atoms with van der Waals surface area (Å²) in [5.41, 5.74) is 0. The molecular weight excluding hydrogens is 110 g/mol. The number of nitrogen functional groups attached to an aromatic ring is 1. The summed E-state index contributed by atoms with van der Waals surface area (Å²) in [6.45, 7) is 0. The predicted molar refractivity (Wildman–Crippen MR) is 29.8 cm³/mol. The lowest BCUT2D eigenvalue weighted by molar-refractivity contribution is 0.977. The number of nitrogens with zero attached hydrogens (tertiary/aromatic N) is 1. The molecule has 3 nitrogen and oxygen atoms in total. The van der Waals surface area contributed by atoms with Crippen LogP contribution in [0.25, 0.3) is 0 Å². The highest BCUT2D eigenvalue weighted by Crippen LogP contribution is 1.78. The molecule has 0 atom stereocenters. The largest absolute Gasteiger partial charge is 0.337 e. The minimum absolute atomic E-state index is 0.542. The molecule has 4 heteroatoms. The van der Waals surface area contributed by atoms with Crippen LogP contribution < -0.4 is 5.84 Å². The number of rotatable bonds is 0. The van der Waals surface area contributed by atoms with Gasteiger partial charge in [0.2, 0.25) is 0 Å². The van der Waals surface area contributed by atoms with Crippen molar-refractivity contribution in [1.82, 2.24) is 9.66 Å². The van der Waals surface area contributed by atoms with E-state index in [1.165, 1.54) is 4.68 Å². The van der Waals surface area contributed by atoms with Crippen LogP contribution in [0, 0.1) is 4.77 Å². The quantitative estimate of drug-likeness (QED) is 0.376. The predicted octanol–water partition coefficient (Wildman–Crippen LogP) is 0.259. The van der Waals surface area contributed by atoms with Gasteiger partial charge in [0.1, 0.15) is 0 Å². The molecule has 0 aliphatic rings. The molecule has 0 saturated carbocycles. The fourth-order valence-corrected chi connectivity index (χ4v) is 0.460. The van der Waals surface area contributed by atoms with Gasteiger partial charge in [0, 0.05) is 12.4 Å². The van der Waals surface area contributed by atoms with Crippen molar-refractivity contribution in [2.45, 2.75) is 0 Å². The van der Waals surface area contributed by atoms with E-state index in [9.17, 15) is 0 Å². The summed E-state index contributed by atoms with van der Waals surface area (Å²) in [5, 5.41) is 0. The van der Waals surface area contributed by atoms with Crippen LogP contribution in [0.1, 0.15) is 0 Å². The van der Waals surface area contributed by atoms with Crippen molar-refractivity contribution in [3.05, 3.63) is 17.2 Å². The van der Waals surface area contributed by atoms with Crippen LogP contribution >= 0.6 is 12.2 Å². The Morgan fingerprint density at radius 2 is 2.57 bits per heavy atom. The molecule has 1 rings (SSSR count). The first-order valence-electron chi connectivity index (χ1n) is 1.82. The fraction of sp³-hybridized carbons (Fsp3) is 0. The van der Waals surface area contributed by atoms with Gasteiger partial charge >= 0.3 is 0 Å². The highest BCUT2D eigenvalue weighted by atomic mass is 32.1. The first-order valence-corrected chi connectivity index (χ1v) is 2.22. The van der Waals surface area contributed by atoms with Crippen molar-refractivity contribution in [3.63, 3.8) is 0 Å². The van der Waals surface area contributed by atoms with Crippen LogP contribution in [0.5, 0.6) is 0 Å². The fourth-order valence-electron chi connectivity index (χ4n) is 0.331. The number of imidazole rings is 1. The first kappa shape index (κ1) is 4.39. The van der Waals surface area contributed by atoms with Gasteiger partial charge in [0.25, 0.3) is 0 Å². The Bertz CT molecular complexity index is 198. The number of nitrogens with one attached hydrogen (secondary N) is 1. The molecule has 0 saturated heterocycles. The molecule has 0 amide bonds. The van der Waals surface area contributed by atoms with Crippen LogP contribution in [-0.4, -0.2) is 9.66 Å². The van der Waals surface area contributed by atoms with E-state index in [4.69, 9.17) is 5.84 Å². The molecule has 0 spiro atoms. The molecule has 0 unspecified atom stereocenters. The van der Waals surface area contributed by atoms with Crippen LogP contribution in [0.4, 0.5) is 0 Å². The van der Waals surface area contributed by atoms with Gasteiger partial charge in [0.15, 0.2) is 4.77 Å². The lowest BCUT2D eigenvalue weighted by atomic mass is 11.0. The summed E-state index contributed by atoms with van der Waals surface area (Å²) in [6.07, 6.45) is 3.34. The lowest BCUT2D eigenvalue weighted by Crippen LogP contribution is -2.04. The molecule has 0 aliphatic heterocycles. The molecule has 3 N–H and O–H groups in total. The van der Waals surface area contributed by atoms with Gasteiger partial charge in [-0.05, 0) is 12.2 Å². The lowest BCUT2D eigenvalue weighted by Gasteiger charge is -1.81. The Morgan fingerprint density at radius 3 is 2.71 bits per heavy atom. The summed E-state index contributed by atoms with van der Waals surface area (Å²) in [7, 11) is 0. The van der Waals surface area contributed by atoms with E-state index in [-0.39, 0.29) is 0 Å². The zero-order chi connectivity index (χ0) is 5.28. The Hall–Kier alpha value is -0.770. The molecule has 1 aromatic rings. The normalized spacial score (nSPS) is 9.14. The maximum atomic E-state index is 5.22. The number of aromatic amines is 1. The topological polar surface area (TPSA) is 46.7 Å². The summed E-state index contributed by atoms with van der Waals surface area (Å²) in [4.78, 5) is 2.72. The van der Waals surface area contributed by atoms with E-state index in [1.54, 1.807) is 12.4 Å². The molecule has 0 aliphatic carbocycles. The van der Waals surface area contributed by atoms with E-state index in [2.05, 4.69) is 17.2 Å². The van der Waals surface area contributed by atoms with Crippen molar-refractivity contribution in [2.75, 3.05) is 5.84 Å². The zero-order valence-corrected chi connectivity index (χ0v) is 4.40. The smallest absolute Gasteiger partial charge is 0.195 e. The third kappa shape index (κ3) is 0.640. The van der Waals surface area contributed by atoms with Crippen LogP contribution in [0.3, 0.4) is 0 Å². The molecule has 7 heavy (non-hydrogen) atoms. The molecule has 0 bridgehead atoms. The molecule has 0 fully saturated rings. The summed E-state index contributed by atoms with van der Waals surface area (Å²) in [5.74, 6) is 5.22. The van der Waals surface area contributed by atoms with Crippen molar-refractivity contribution < 1.29 is 0 Å². The molecule has 0 radical (unpaired) electrons. The third-order valence-corrected chi connectivity index (χ3v) is 1.01. The maximum absolute atomic E-state index is 5.22. The van der Waals surface area contributed by atoms with E-state index in [0.29, 0.717) is 4.77 Å². The van der Waals surface area contributed by atoms with Gasteiger partial charge in [-0.15, -0.1) is 0 Å². The maximum Gasteiger partial charge on any atom is 0.195 e. The minimum Gasteiger partial charge on any atom is -0.337 e. The third-order valence-electron chi connectivity index (χ3n) is 0.676. The van der Waals surface area contributed by atoms with Crippen molar-refractivity contribution in [2.24, 2.45) is 0 Å². The standard InChI is InChI=1S/C3H5N3S/c4-6-2-1-5-3(6)7/h1-2H,4H2,(H,5,7). The Kier molecular flexibility index (Phi) is 0.867. The van der Waals surface area contributed by atoms with Gasteiger partial charge in [0.05, 0.1) is 0 Å². The second kappa shape index (κ2) is 1.38. The number of hydrogen-bond acceptors (Lipinski definition) is 2. The second-order valence-electron chi connectivity index (χ2n) is 1.17. The number of H-pyrrole nitrogens is 1. The number of nitrogens with two attached hydrogens (primary N) is 1. The van der Waals surface area contributed by atoms with Gasteiger partial charge in [-0.3, -0.25) is 0 Å². The molecular formula is C3H5N3S. The monoisotopic (exact) mass is 115 g/mol. The zero-order valence-electron chi connectivity index (χ0n) is 3.59. The van der Waals surface area contributed by atoms with Crippen LogP contribution in [0.2, 0.25) is 0 Å². The van der Waals surface area contributed by atoms with Gasteiger partial charge in [-0.2, -0.15) is 0 Å². The summed E-state index contributed by atoms with van der Waals surface area (Å²) in [6, 6.07) is 0. The Labute approximate surface area is 45.7 Å². The van der Waals surface area contributed by atoms with Gasteiger partial charge < -0.3 is 10.8 Å². The van der Waals surface area contributed by atoms with E-state index in [0.717, 1.165) is 0 Å². The summed E-state index contributed by atoms with van der Waals surface area (Å²) < 4.78 is 1.88. The van der Waals surface area contributed by atoms with Crippen molar-refractivity contribution in [1.29, 1.82) is 0 Å². The highest BCUT2D eigenvalue weighted by molar-refractivity contribution is 7.71. The molecule has 0 aromatic carbocycles. The van der Waals surface area contributed by atoms with E-state index in [1.807, 2.05) is 0 Å². The summed E-state index contributed by atoms with van der Waals surface area (Å²) >= 11 is 4.67. The average Bonchev–Trinajstić information content (AvgIpc) is 1.91. The Morgan fingerprint density at radius 1 is 1.86 bits per heavy atom. The van der Waals surface area contributed by atoms with Crippen molar-refractivity contribution in [3.8, 4) is 0 Å². The van der Waals surface area contributed by atoms with Crippen molar-refractivity contribution >= 4 is 12.2 Å². The van der Waals surface area contributed by atoms with Crippen LogP contribution in [-0.2, 0) is 0 Å². The Balaban J connectivity index is 3.39. The first-order chi connectivity index (χ1) is 3.30. The minimum atomic E-state index is 0.542. The van der Waals surface area contributed by atoms with Gasteiger partial charge in [-0.1, -0.05) is 0 Å². The van der Waals surface area contributed by atoms with Gasteiger partial charge in [-0.25, -0.2) is 4.68 Å². The molecule has 38 valence electrons. The SMILES string of the molecule is Nn1cc[nH]c1=S. The van der Waals surface area contributed by atoms with E-state index < -0.39 is 0 Å². The molecule has 1 aromatic heterocycles. The molecule has 1 heterocycles. The second-order valence-corrected chi connectivity index (χ2v) is 1.56. The van der Waals surface area contributed by atoms with E-state index >= 15 is 0 Å². The van der Waals surface area contributed by atoms with Crippen LogP contribution in [0.15, 0.2) is 12.4 Å². The number of aromatic nitrogens is 2. The highest BCUT2D eigenvalue weighted by Gasteiger charge is 1.77.